The molecule has 0 aliphatic carbocycles. The predicted molar refractivity (Wildman–Crippen MR) is 68.9 cm³/mol. The molecule has 94 valence electrons. The Morgan fingerprint density at radius 2 is 2.18 bits per heavy atom. The lowest BCUT2D eigenvalue weighted by atomic mass is 10.2. The summed E-state index contributed by atoms with van der Waals surface area (Å²) >= 11 is 6.07. The van der Waals surface area contributed by atoms with Gasteiger partial charge in [0.2, 0.25) is 0 Å². The molecule has 17 heavy (non-hydrogen) atoms. The molecule has 0 spiro atoms. The average Bonchev–Trinajstić information content (AvgIpc) is 2.30. The lowest BCUT2D eigenvalue weighted by molar-refractivity contribution is 0.277. The SMILES string of the molecule is C=C(C)CCOc1c(Cl)cc(CO)cc1OC. The number of aliphatic hydroxyl groups is 1. The molecule has 1 rings (SSSR count). The molecule has 3 nitrogen and oxygen atoms in total. The van der Waals surface area contributed by atoms with Gasteiger partial charge in [-0.05, 0) is 24.6 Å². The molecular formula is C13H17ClO3. The summed E-state index contributed by atoms with van der Waals surface area (Å²) in [5.41, 5.74) is 1.74. The zero-order valence-electron chi connectivity index (χ0n) is 10.1. The standard InChI is InChI=1S/C13H17ClO3/c1-9(2)4-5-17-13-11(14)6-10(8-15)7-12(13)16-3/h6-7,15H,1,4-5,8H2,2-3H3. The minimum absolute atomic E-state index is 0.0812. The fraction of sp³-hybridized carbons (Fsp3) is 0.385. The van der Waals surface area contributed by atoms with Gasteiger partial charge in [-0.15, -0.1) is 6.58 Å². The number of rotatable bonds is 6. The predicted octanol–water partition coefficient (Wildman–Crippen LogP) is 3.19. The van der Waals surface area contributed by atoms with Crippen molar-refractivity contribution >= 4 is 11.6 Å². The third-order valence-corrected chi connectivity index (χ3v) is 2.53. The third kappa shape index (κ3) is 3.95. The van der Waals surface area contributed by atoms with E-state index in [0.29, 0.717) is 28.7 Å². The number of hydrogen-bond donors (Lipinski definition) is 1. The molecule has 0 saturated heterocycles. The van der Waals surface area contributed by atoms with Crippen molar-refractivity contribution in [3.05, 3.63) is 34.9 Å². The molecule has 4 heteroatoms. The highest BCUT2D eigenvalue weighted by Crippen LogP contribution is 2.36. The van der Waals surface area contributed by atoms with Crippen molar-refractivity contribution in [2.45, 2.75) is 20.0 Å². The van der Waals surface area contributed by atoms with Crippen LogP contribution in [0.1, 0.15) is 18.9 Å². The molecule has 1 aromatic carbocycles. The fourth-order valence-corrected chi connectivity index (χ4v) is 1.62. The van der Waals surface area contributed by atoms with Crippen LogP contribution in [0.2, 0.25) is 5.02 Å². The van der Waals surface area contributed by atoms with E-state index >= 15 is 0 Å². The number of hydrogen-bond acceptors (Lipinski definition) is 3. The lowest BCUT2D eigenvalue weighted by Crippen LogP contribution is -2.01. The van der Waals surface area contributed by atoms with Crippen molar-refractivity contribution in [2.24, 2.45) is 0 Å². The van der Waals surface area contributed by atoms with E-state index in [2.05, 4.69) is 6.58 Å². The highest BCUT2D eigenvalue weighted by molar-refractivity contribution is 6.32. The van der Waals surface area contributed by atoms with Crippen molar-refractivity contribution in [3.63, 3.8) is 0 Å². The van der Waals surface area contributed by atoms with E-state index in [0.717, 1.165) is 12.0 Å². The molecule has 0 fully saturated rings. The maximum absolute atomic E-state index is 9.06. The van der Waals surface area contributed by atoms with Crippen LogP contribution in [0.4, 0.5) is 0 Å². The van der Waals surface area contributed by atoms with Gasteiger partial charge in [0.1, 0.15) is 0 Å². The second-order valence-electron chi connectivity index (χ2n) is 3.82. The topological polar surface area (TPSA) is 38.7 Å². The van der Waals surface area contributed by atoms with E-state index in [1.165, 1.54) is 0 Å². The maximum atomic E-state index is 9.06. The summed E-state index contributed by atoms with van der Waals surface area (Å²) < 4.78 is 10.8. The van der Waals surface area contributed by atoms with Crippen molar-refractivity contribution < 1.29 is 14.6 Å². The van der Waals surface area contributed by atoms with Gasteiger partial charge >= 0.3 is 0 Å². The molecule has 0 bridgehead atoms. The second-order valence-corrected chi connectivity index (χ2v) is 4.23. The molecule has 0 aromatic heterocycles. The van der Waals surface area contributed by atoms with Crippen LogP contribution in [-0.4, -0.2) is 18.8 Å². The summed E-state index contributed by atoms with van der Waals surface area (Å²) in [6, 6.07) is 3.38. The zero-order chi connectivity index (χ0) is 12.8. The first-order valence-electron chi connectivity index (χ1n) is 5.33. The Morgan fingerprint density at radius 1 is 1.47 bits per heavy atom. The van der Waals surface area contributed by atoms with Gasteiger partial charge in [-0.1, -0.05) is 17.2 Å². The van der Waals surface area contributed by atoms with Gasteiger partial charge in [-0.3, -0.25) is 0 Å². The number of ether oxygens (including phenoxy) is 2. The largest absolute Gasteiger partial charge is 0.493 e. The maximum Gasteiger partial charge on any atom is 0.179 e. The average molecular weight is 257 g/mol. The summed E-state index contributed by atoms with van der Waals surface area (Å²) in [4.78, 5) is 0. The van der Waals surface area contributed by atoms with Crippen LogP contribution < -0.4 is 9.47 Å². The second kappa shape index (κ2) is 6.52. The summed E-state index contributed by atoms with van der Waals surface area (Å²) in [5.74, 6) is 1.04. The molecule has 0 unspecified atom stereocenters. The summed E-state index contributed by atoms with van der Waals surface area (Å²) in [7, 11) is 1.54. The fourth-order valence-electron chi connectivity index (χ4n) is 1.33. The van der Waals surface area contributed by atoms with E-state index in [-0.39, 0.29) is 6.61 Å². The van der Waals surface area contributed by atoms with Crippen molar-refractivity contribution in [2.75, 3.05) is 13.7 Å². The summed E-state index contributed by atoms with van der Waals surface area (Å²) in [5, 5.41) is 9.50. The van der Waals surface area contributed by atoms with Crippen LogP contribution >= 0.6 is 11.6 Å². The molecule has 0 aliphatic rings. The highest BCUT2D eigenvalue weighted by Gasteiger charge is 2.11. The number of halogens is 1. The van der Waals surface area contributed by atoms with Crippen LogP contribution in [0.3, 0.4) is 0 Å². The highest BCUT2D eigenvalue weighted by atomic mass is 35.5. The molecule has 0 heterocycles. The summed E-state index contributed by atoms with van der Waals surface area (Å²) in [6.07, 6.45) is 0.765. The van der Waals surface area contributed by atoms with Gasteiger partial charge in [-0.25, -0.2) is 0 Å². The van der Waals surface area contributed by atoms with E-state index in [1.807, 2.05) is 6.92 Å². The summed E-state index contributed by atoms with van der Waals surface area (Å²) in [6.45, 7) is 6.17. The van der Waals surface area contributed by atoms with Crippen molar-refractivity contribution in [1.82, 2.24) is 0 Å². The van der Waals surface area contributed by atoms with E-state index in [9.17, 15) is 0 Å². The molecule has 1 aromatic rings. The molecule has 0 amide bonds. The van der Waals surface area contributed by atoms with Gasteiger partial charge in [0.05, 0.1) is 25.3 Å². The van der Waals surface area contributed by atoms with Crippen LogP contribution in [-0.2, 0) is 6.61 Å². The molecule has 1 N–H and O–H groups in total. The molecule has 0 radical (unpaired) electrons. The minimum Gasteiger partial charge on any atom is -0.493 e. The Kier molecular flexibility index (Phi) is 5.32. The Morgan fingerprint density at radius 3 is 2.71 bits per heavy atom. The van der Waals surface area contributed by atoms with Crippen LogP contribution in [0.5, 0.6) is 11.5 Å². The van der Waals surface area contributed by atoms with Gasteiger partial charge in [0.15, 0.2) is 11.5 Å². The van der Waals surface area contributed by atoms with Crippen LogP contribution in [0.15, 0.2) is 24.3 Å². The van der Waals surface area contributed by atoms with Crippen LogP contribution in [0.25, 0.3) is 0 Å². The Hall–Kier alpha value is -1.19. The Labute approximate surface area is 107 Å². The van der Waals surface area contributed by atoms with Crippen molar-refractivity contribution in [3.8, 4) is 11.5 Å². The van der Waals surface area contributed by atoms with E-state index in [1.54, 1.807) is 19.2 Å². The number of methoxy groups -OCH3 is 1. The van der Waals surface area contributed by atoms with E-state index < -0.39 is 0 Å². The van der Waals surface area contributed by atoms with Gasteiger partial charge < -0.3 is 14.6 Å². The monoisotopic (exact) mass is 256 g/mol. The van der Waals surface area contributed by atoms with E-state index in [4.69, 9.17) is 26.2 Å². The van der Waals surface area contributed by atoms with Gasteiger partial charge in [0.25, 0.3) is 0 Å². The first kappa shape index (κ1) is 13.9. The Bertz CT molecular complexity index is 402. The molecule has 0 aliphatic heterocycles. The smallest absolute Gasteiger partial charge is 0.179 e. The van der Waals surface area contributed by atoms with Crippen LogP contribution in [0, 0.1) is 0 Å². The number of aliphatic hydroxyl groups excluding tert-OH is 1. The Balaban J connectivity index is 2.86. The lowest BCUT2D eigenvalue weighted by Gasteiger charge is -2.13. The molecular weight excluding hydrogens is 240 g/mol. The minimum atomic E-state index is -0.0812. The first-order valence-corrected chi connectivity index (χ1v) is 5.70. The zero-order valence-corrected chi connectivity index (χ0v) is 10.9. The van der Waals surface area contributed by atoms with Crippen molar-refractivity contribution in [1.29, 1.82) is 0 Å². The van der Waals surface area contributed by atoms with Gasteiger partial charge in [0, 0.05) is 6.42 Å². The normalized spacial score (nSPS) is 10.1. The quantitative estimate of drug-likeness (QED) is 0.795. The van der Waals surface area contributed by atoms with Gasteiger partial charge in [-0.2, -0.15) is 0 Å². The third-order valence-electron chi connectivity index (χ3n) is 2.25. The first-order chi connectivity index (χ1) is 8.08. The molecule has 0 atom stereocenters. The number of benzene rings is 1. The molecule has 0 saturated carbocycles.